The zero-order valence-electron chi connectivity index (χ0n) is 22.2. The molecule has 0 saturated heterocycles. The van der Waals surface area contributed by atoms with Crippen molar-refractivity contribution in [2.75, 3.05) is 6.54 Å². The second-order valence-corrected chi connectivity index (χ2v) is 8.78. The number of aryl methyl sites for hydroxylation is 4. The second-order valence-electron chi connectivity index (χ2n) is 8.78. The number of Topliss-reactive ketones (excluding diaryl/α,β-unsaturated/α-hetero) is 1. The molecule has 200 valence electrons. The van der Waals surface area contributed by atoms with Crippen LogP contribution in [0.1, 0.15) is 54.5 Å². The van der Waals surface area contributed by atoms with Crippen LogP contribution in [0.5, 0.6) is 11.5 Å². The lowest BCUT2D eigenvalue weighted by Crippen LogP contribution is -2.17. The van der Waals surface area contributed by atoms with Crippen molar-refractivity contribution in [2.45, 2.75) is 27.7 Å². The molecule has 0 saturated carbocycles. The van der Waals surface area contributed by atoms with Gasteiger partial charge in [-0.15, -0.1) is 0 Å². The van der Waals surface area contributed by atoms with E-state index in [0.29, 0.717) is 33.8 Å². The molecule has 39 heavy (non-hydrogen) atoms. The fourth-order valence-electron chi connectivity index (χ4n) is 3.49. The number of aromatic nitrogens is 1. The number of amides is 1. The Morgan fingerprint density at radius 2 is 1.46 bits per heavy atom. The lowest BCUT2D eigenvalue weighted by atomic mass is 10.1. The summed E-state index contributed by atoms with van der Waals surface area (Å²) in [5, 5.41) is 23.1. The minimum absolute atomic E-state index is 0.0530. The van der Waals surface area contributed by atoms with Crippen LogP contribution in [0.4, 0.5) is 0 Å². The molecular formula is C30H30N4O5. The number of rotatable bonds is 7. The summed E-state index contributed by atoms with van der Waals surface area (Å²) in [6, 6.07) is 15.4. The first-order valence-corrected chi connectivity index (χ1v) is 12.1. The van der Waals surface area contributed by atoms with Crippen molar-refractivity contribution < 1.29 is 24.2 Å². The summed E-state index contributed by atoms with van der Waals surface area (Å²) in [5.74, 6) is 1.07. The summed E-state index contributed by atoms with van der Waals surface area (Å²) in [5.41, 5.74) is 6.63. The summed E-state index contributed by atoms with van der Waals surface area (Å²) < 4.78 is 5.28. The van der Waals surface area contributed by atoms with Crippen molar-refractivity contribution in [3.8, 4) is 11.5 Å². The Morgan fingerprint density at radius 3 is 2.03 bits per heavy atom. The number of ketones is 1. The zero-order valence-corrected chi connectivity index (χ0v) is 22.2. The minimum atomic E-state index is -0.345. The van der Waals surface area contributed by atoms with E-state index in [1.807, 2.05) is 26.0 Å². The van der Waals surface area contributed by atoms with Gasteiger partial charge in [0.1, 0.15) is 29.6 Å². The third-order valence-electron chi connectivity index (χ3n) is 5.49. The Balaban J connectivity index is 0.000000216. The number of phenolic OH excluding ortho intramolecular Hbond substituents is 2. The molecule has 0 bridgehead atoms. The summed E-state index contributed by atoms with van der Waals surface area (Å²) in [6.07, 6.45) is 6.07. The molecule has 0 aliphatic carbocycles. The van der Waals surface area contributed by atoms with Gasteiger partial charge in [-0.25, -0.2) is 5.43 Å². The van der Waals surface area contributed by atoms with Crippen molar-refractivity contribution in [2.24, 2.45) is 10.1 Å². The molecule has 4 aromatic rings. The molecule has 9 nitrogen and oxygen atoms in total. The van der Waals surface area contributed by atoms with Crippen molar-refractivity contribution in [1.82, 2.24) is 10.4 Å². The van der Waals surface area contributed by atoms with E-state index >= 15 is 0 Å². The smallest absolute Gasteiger partial charge is 0.274 e. The number of pyridine rings is 1. The number of furan rings is 1. The van der Waals surface area contributed by atoms with Gasteiger partial charge in [0.05, 0.1) is 11.8 Å². The van der Waals surface area contributed by atoms with Crippen molar-refractivity contribution in [3.63, 3.8) is 0 Å². The van der Waals surface area contributed by atoms with E-state index in [0.717, 1.165) is 11.1 Å². The van der Waals surface area contributed by atoms with Crippen LogP contribution in [-0.4, -0.2) is 45.9 Å². The van der Waals surface area contributed by atoms with E-state index < -0.39 is 0 Å². The lowest BCUT2D eigenvalue weighted by molar-refractivity contribution is 0.0952. The normalized spacial score (nSPS) is 10.9. The molecular weight excluding hydrogens is 496 g/mol. The van der Waals surface area contributed by atoms with E-state index in [4.69, 9.17) is 4.42 Å². The third kappa shape index (κ3) is 8.50. The van der Waals surface area contributed by atoms with Crippen molar-refractivity contribution in [1.29, 1.82) is 0 Å². The van der Waals surface area contributed by atoms with E-state index in [2.05, 4.69) is 20.5 Å². The van der Waals surface area contributed by atoms with Crippen LogP contribution in [0.15, 0.2) is 81.5 Å². The van der Waals surface area contributed by atoms with E-state index in [9.17, 15) is 19.8 Å². The SMILES string of the molecule is Cc1ccc(O)c(/C=N/NC(=O)c2cc(C)oc2C)c1.Cc1ccc(O)c(C=NCC(=O)c2ccncc2)c1. The van der Waals surface area contributed by atoms with Crippen LogP contribution < -0.4 is 5.43 Å². The highest BCUT2D eigenvalue weighted by Crippen LogP contribution is 2.17. The molecule has 0 atom stereocenters. The van der Waals surface area contributed by atoms with Gasteiger partial charge < -0.3 is 14.6 Å². The number of hydrogen-bond donors (Lipinski definition) is 3. The second kappa shape index (κ2) is 13.5. The Hall–Kier alpha value is -5.05. The molecule has 0 aliphatic heterocycles. The highest BCUT2D eigenvalue weighted by atomic mass is 16.3. The number of carbonyl (C=O) groups excluding carboxylic acids is 2. The molecule has 3 N–H and O–H groups in total. The van der Waals surface area contributed by atoms with Crippen LogP contribution in [0.2, 0.25) is 0 Å². The molecule has 0 aliphatic rings. The molecule has 2 aromatic carbocycles. The quantitative estimate of drug-likeness (QED) is 0.175. The Labute approximate surface area is 226 Å². The van der Waals surface area contributed by atoms with E-state index in [1.165, 1.54) is 12.4 Å². The number of benzene rings is 2. The number of nitrogens with zero attached hydrogens (tertiary/aromatic N) is 3. The van der Waals surface area contributed by atoms with Gasteiger partial charge in [-0.2, -0.15) is 5.10 Å². The monoisotopic (exact) mass is 526 g/mol. The maximum absolute atomic E-state index is 11.9. The van der Waals surface area contributed by atoms with E-state index in [1.54, 1.807) is 68.7 Å². The van der Waals surface area contributed by atoms with Gasteiger partial charge in [0.25, 0.3) is 5.91 Å². The molecule has 0 radical (unpaired) electrons. The number of carbonyl (C=O) groups is 2. The predicted molar refractivity (Wildman–Crippen MR) is 150 cm³/mol. The first-order valence-electron chi connectivity index (χ1n) is 12.1. The maximum atomic E-state index is 11.9. The topological polar surface area (TPSA) is 137 Å². The largest absolute Gasteiger partial charge is 0.507 e. The molecule has 4 rings (SSSR count). The molecule has 0 fully saturated rings. The Bertz CT molecular complexity index is 1510. The molecule has 2 heterocycles. The van der Waals surface area contributed by atoms with Crippen LogP contribution in [0, 0.1) is 27.7 Å². The third-order valence-corrected chi connectivity index (χ3v) is 5.49. The molecule has 0 spiro atoms. The molecule has 2 aromatic heterocycles. The lowest BCUT2D eigenvalue weighted by Gasteiger charge is -2.00. The number of nitrogens with one attached hydrogen (secondary N) is 1. The van der Waals surface area contributed by atoms with E-state index in [-0.39, 0.29) is 29.7 Å². The number of aromatic hydroxyl groups is 2. The number of phenols is 2. The minimum Gasteiger partial charge on any atom is -0.507 e. The van der Waals surface area contributed by atoms with Crippen LogP contribution in [-0.2, 0) is 0 Å². The van der Waals surface area contributed by atoms with Crippen LogP contribution in [0.25, 0.3) is 0 Å². The Morgan fingerprint density at radius 1 is 0.872 bits per heavy atom. The van der Waals surface area contributed by atoms with Crippen LogP contribution >= 0.6 is 0 Å². The molecule has 0 unspecified atom stereocenters. The van der Waals surface area contributed by atoms with Gasteiger partial charge in [-0.3, -0.25) is 19.6 Å². The van der Waals surface area contributed by atoms with Gasteiger partial charge in [0, 0.05) is 35.3 Å². The predicted octanol–water partition coefficient (Wildman–Crippen LogP) is 5.07. The van der Waals surface area contributed by atoms with Gasteiger partial charge in [-0.1, -0.05) is 23.3 Å². The summed E-state index contributed by atoms with van der Waals surface area (Å²) in [7, 11) is 0. The zero-order chi connectivity index (χ0) is 28.4. The van der Waals surface area contributed by atoms with Gasteiger partial charge in [-0.05, 0) is 70.2 Å². The van der Waals surface area contributed by atoms with Gasteiger partial charge in [0.2, 0.25) is 0 Å². The maximum Gasteiger partial charge on any atom is 0.274 e. The van der Waals surface area contributed by atoms with Gasteiger partial charge in [0.15, 0.2) is 5.78 Å². The summed E-state index contributed by atoms with van der Waals surface area (Å²) in [4.78, 5) is 31.6. The molecule has 1 amide bonds. The number of aliphatic imine (C=N–C) groups is 1. The fraction of sp³-hybridized carbons (Fsp3) is 0.167. The fourth-order valence-corrected chi connectivity index (χ4v) is 3.49. The Kier molecular flexibility index (Phi) is 9.86. The summed E-state index contributed by atoms with van der Waals surface area (Å²) in [6.45, 7) is 7.39. The molecule has 9 heteroatoms. The highest BCUT2D eigenvalue weighted by molar-refractivity contribution is 5.99. The van der Waals surface area contributed by atoms with Crippen LogP contribution in [0.3, 0.4) is 0 Å². The first kappa shape index (κ1) is 28.5. The number of hydrazone groups is 1. The average molecular weight is 527 g/mol. The van der Waals surface area contributed by atoms with Crippen molar-refractivity contribution >= 4 is 24.1 Å². The summed E-state index contributed by atoms with van der Waals surface area (Å²) >= 11 is 0. The highest BCUT2D eigenvalue weighted by Gasteiger charge is 2.12. The average Bonchev–Trinajstić information content (AvgIpc) is 3.26. The first-order chi connectivity index (χ1) is 18.6. The standard InChI is InChI=1S/C15H16N2O3.C15H14N2O2/c1-9-4-5-14(18)12(6-9)8-16-17-15(19)13-7-10(2)20-11(13)3;1-11-2-3-14(18)13(8-11)9-17-10-15(19)12-4-6-16-7-5-12/h4-8,18H,1-3H3,(H,17,19);2-9,18H,10H2,1H3/b16-8+;. The van der Waals surface area contributed by atoms with Gasteiger partial charge >= 0.3 is 0 Å². The van der Waals surface area contributed by atoms with Crippen molar-refractivity contribution in [3.05, 3.63) is 112 Å². The number of hydrogen-bond acceptors (Lipinski definition) is 8.